The number of nitrogens with zero attached hydrogens (tertiary/aromatic N) is 2. The third-order valence-corrected chi connectivity index (χ3v) is 3.08. The van der Waals surface area contributed by atoms with Gasteiger partial charge in [-0.25, -0.2) is 4.98 Å². The summed E-state index contributed by atoms with van der Waals surface area (Å²) < 4.78 is 0. The zero-order valence-corrected chi connectivity index (χ0v) is 8.99. The molecule has 0 atom stereocenters. The highest BCUT2D eigenvalue weighted by molar-refractivity contribution is 5.97. The molecule has 16 heavy (non-hydrogen) atoms. The quantitative estimate of drug-likeness (QED) is 0.696. The molecule has 0 spiro atoms. The van der Waals surface area contributed by atoms with Crippen molar-refractivity contribution < 1.29 is 4.79 Å². The Kier molecular flexibility index (Phi) is 2.25. The molecule has 3 rings (SSSR count). The molecule has 0 saturated carbocycles. The minimum atomic E-state index is 0.145. The molecule has 0 aliphatic carbocycles. The normalized spacial score (nSPS) is 19.5. The highest BCUT2D eigenvalue weighted by atomic mass is 16.2. The predicted molar refractivity (Wildman–Crippen MR) is 61.7 cm³/mol. The second-order valence-corrected chi connectivity index (χ2v) is 4.06. The van der Waals surface area contributed by atoms with Crippen LogP contribution in [0, 0.1) is 0 Å². The summed E-state index contributed by atoms with van der Waals surface area (Å²) in [7, 11) is 0. The minimum Gasteiger partial charge on any atom is -0.369 e. The first kappa shape index (κ1) is 9.59. The topological polar surface area (TPSA) is 57.3 Å². The molecule has 5 heteroatoms. The van der Waals surface area contributed by atoms with Crippen molar-refractivity contribution in [3.8, 4) is 0 Å². The number of hydrogen-bond acceptors (Lipinski definition) is 4. The first-order chi connectivity index (χ1) is 7.86. The van der Waals surface area contributed by atoms with Gasteiger partial charge in [0.05, 0.1) is 12.2 Å². The van der Waals surface area contributed by atoms with Crippen LogP contribution in [-0.4, -0.2) is 37.1 Å². The Balaban J connectivity index is 1.99. The van der Waals surface area contributed by atoms with E-state index in [0.717, 1.165) is 37.6 Å². The largest absolute Gasteiger partial charge is 0.369 e. The zero-order chi connectivity index (χ0) is 11.0. The van der Waals surface area contributed by atoms with Crippen molar-refractivity contribution >= 4 is 17.4 Å². The number of pyridine rings is 1. The minimum absolute atomic E-state index is 0.145. The number of carbonyl (C=O) groups is 1. The maximum Gasteiger partial charge on any atom is 0.240 e. The average Bonchev–Trinajstić information content (AvgIpc) is 2.77. The molecule has 1 aromatic rings. The van der Waals surface area contributed by atoms with Crippen molar-refractivity contribution in [1.82, 2.24) is 10.3 Å². The van der Waals surface area contributed by atoms with Gasteiger partial charge in [-0.3, -0.25) is 4.79 Å². The lowest BCUT2D eigenvalue weighted by atomic mass is 10.1. The van der Waals surface area contributed by atoms with Gasteiger partial charge in [0.1, 0.15) is 5.82 Å². The summed E-state index contributed by atoms with van der Waals surface area (Å²) in [6, 6.07) is 1.94. The summed E-state index contributed by atoms with van der Waals surface area (Å²) in [4.78, 5) is 18.0. The van der Waals surface area contributed by atoms with Gasteiger partial charge in [0.15, 0.2) is 0 Å². The molecular weight excluding hydrogens is 204 g/mol. The number of rotatable bonds is 1. The Morgan fingerprint density at radius 1 is 1.38 bits per heavy atom. The van der Waals surface area contributed by atoms with E-state index < -0.39 is 0 Å². The number of aromatic nitrogens is 1. The van der Waals surface area contributed by atoms with Crippen molar-refractivity contribution in [2.45, 2.75) is 6.42 Å². The molecule has 3 heterocycles. The molecule has 84 valence electrons. The highest BCUT2D eigenvalue weighted by Crippen LogP contribution is 2.30. The summed E-state index contributed by atoms with van der Waals surface area (Å²) >= 11 is 0. The van der Waals surface area contributed by atoms with E-state index in [-0.39, 0.29) is 5.91 Å². The smallest absolute Gasteiger partial charge is 0.240 e. The van der Waals surface area contributed by atoms with Crippen LogP contribution in [0.4, 0.5) is 11.5 Å². The summed E-state index contributed by atoms with van der Waals surface area (Å²) in [5.41, 5.74) is 2.21. The lowest BCUT2D eigenvalue weighted by molar-refractivity contribution is -0.118. The Morgan fingerprint density at radius 3 is 3.19 bits per heavy atom. The van der Waals surface area contributed by atoms with Crippen LogP contribution in [0.1, 0.15) is 5.56 Å². The lowest BCUT2D eigenvalue weighted by Gasteiger charge is -2.28. The van der Waals surface area contributed by atoms with E-state index in [1.807, 2.05) is 11.0 Å². The standard InChI is InChI=1S/C11H14N4O/c16-10-7-12-5-6-15(10)9-2-4-14-11-8(9)1-3-13-11/h2,4,12H,1,3,5-7H2,(H,13,14). The summed E-state index contributed by atoms with van der Waals surface area (Å²) in [5, 5.41) is 6.31. The third kappa shape index (κ3) is 1.44. The Bertz CT molecular complexity index is 432. The first-order valence-electron chi connectivity index (χ1n) is 5.59. The predicted octanol–water partition coefficient (Wildman–Crippen LogP) is -0.0142. The lowest BCUT2D eigenvalue weighted by Crippen LogP contribution is -2.48. The fourth-order valence-electron chi connectivity index (χ4n) is 2.30. The van der Waals surface area contributed by atoms with Gasteiger partial charge in [0.25, 0.3) is 0 Å². The van der Waals surface area contributed by atoms with Crippen LogP contribution in [0.2, 0.25) is 0 Å². The van der Waals surface area contributed by atoms with E-state index in [1.54, 1.807) is 6.20 Å². The van der Waals surface area contributed by atoms with Gasteiger partial charge >= 0.3 is 0 Å². The first-order valence-corrected chi connectivity index (χ1v) is 5.59. The average molecular weight is 218 g/mol. The van der Waals surface area contributed by atoms with Gasteiger partial charge < -0.3 is 15.5 Å². The Hall–Kier alpha value is -1.62. The zero-order valence-electron chi connectivity index (χ0n) is 8.99. The summed E-state index contributed by atoms with van der Waals surface area (Å²) in [5.74, 6) is 1.08. The molecule has 1 amide bonds. The number of hydrogen-bond donors (Lipinski definition) is 2. The van der Waals surface area contributed by atoms with Gasteiger partial charge in [0.2, 0.25) is 5.91 Å². The van der Waals surface area contributed by atoms with E-state index in [2.05, 4.69) is 15.6 Å². The van der Waals surface area contributed by atoms with Crippen molar-refractivity contribution in [2.24, 2.45) is 0 Å². The van der Waals surface area contributed by atoms with Crippen LogP contribution in [0.3, 0.4) is 0 Å². The SMILES string of the molecule is O=C1CNCCN1c1ccnc2c1CCN2. The van der Waals surface area contributed by atoms with Gasteiger partial charge in [-0.1, -0.05) is 0 Å². The van der Waals surface area contributed by atoms with Gasteiger partial charge in [-0.2, -0.15) is 0 Å². The Morgan fingerprint density at radius 2 is 2.31 bits per heavy atom. The van der Waals surface area contributed by atoms with Crippen LogP contribution in [0.5, 0.6) is 0 Å². The molecule has 2 aliphatic heterocycles. The number of fused-ring (bicyclic) bond motifs is 1. The van der Waals surface area contributed by atoms with Gasteiger partial charge in [-0.15, -0.1) is 0 Å². The summed E-state index contributed by atoms with van der Waals surface area (Å²) in [6.07, 6.45) is 2.72. The fourth-order valence-corrected chi connectivity index (χ4v) is 2.30. The van der Waals surface area contributed by atoms with Crippen LogP contribution >= 0.6 is 0 Å². The van der Waals surface area contributed by atoms with Gasteiger partial charge in [0, 0.05) is 31.4 Å². The highest BCUT2D eigenvalue weighted by Gasteiger charge is 2.24. The summed E-state index contributed by atoms with van der Waals surface area (Å²) in [6.45, 7) is 2.95. The number of piperazine rings is 1. The van der Waals surface area contributed by atoms with E-state index in [1.165, 1.54) is 5.56 Å². The Labute approximate surface area is 93.9 Å². The van der Waals surface area contributed by atoms with E-state index in [9.17, 15) is 4.79 Å². The van der Waals surface area contributed by atoms with Crippen LogP contribution in [-0.2, 0) is 11.2 Å². The van der Waals surface area contributed by atoms with Crippen LogP contribution in [0.15, 0.2) is 12.3 Å². The molecule has 0 unspecified atom stereocenters. The number of carbonyl (C=O) groups excluding carboxylic acids is 1. The molecule has 0 aromatic carbocycles. The third-order valence-electron chi connectivity index (χ3n) is 3.08. The van der Waals surface area contributed by atoms with E-state index in [0.29, 0.717) is 6.54 Å². The maximum absolute atomic E-state index is 11.8. The molecule has 1 fully saturated rings. The van der Waals surface area contributed by atoms with Crippen molar-refractivity contribution in [1.29, 1.82) is 0 Å². The van der Waals surface area contributed by atoms with Crippen molar-refractivity contribution in [3.63, 3.8) is 0 Å². The van der Waals surface area contributed by atoms with Gasteiger partial charge in [-0.05, 0) is 12.5 Å². The van der Waals surface area contributed by atoms with Crippen LogP contribution < -0.4 is 15.5 Å². The molecule has 1 saturated heterocycles. The molecule has 0 radical (unpaired) electrons. The molecule has 1 aromatic heterocycles. The maximum atomic E-state index is 11.8. The number of amides is 1. The van der Waals surface area contributed by atoms with Crippen molar-refractivity contribution in [2.75, 3.05) is 36.4 Å². The fraction of sp³-hybridized carbons (Fsp3) is 0.455. The number of anilines is 2. The monoisotopic (exact) mass is 218 g/mol. The second kappa shape index (κ2) is 3.75. The van der Waals surface area contributed by atoms with E-state index >= 15 is 0 Å². The second-order valence-electron chi connectivity index (χ2n) is 4.06. The molecule has 2 aliphatic rings. The van der Waals surface area contributed by atoms with E-state index in [4.69, 9.17) is 0 Å². The molecular formula is C11H14N4O. The molecule has 0 bridgehead atoms. The molecule has 5 nitrogen and oxygen atoms in total. The molecule has 2 N–H and O–H groups in total. The van der Waals surface area contributed by atoms with Crippen molar-refractivity contribution in [3.05, 3.63) is 17.8 Å². The number of nitrogens with one attached hydrogen (secondary N) is 2. The van der Waals surface area contributed by atoms with Crippen LogP contribution in [0.25, 0.3) is 0 Å².